The summed E-state index contributed by atoms with van der Waals surface area (Å²) in [4.78, 5) is 0. The molecule has 11 heavy (non-hydrogen) atoms. The first-order valence-corrected chi connectivity index (χ1v) is 3.98. The molecule has 1 aromatic heterocycles. The molecule has 1 aromatic rings. The van der Waals surface area contributed by atoms with E-state index in [2.05, 4.69) is 0 Å². The van der Waals surface area contributed by atoms with Crippen molar-refractivity contribution in [3.05, 3.63) is 33.7 Å². The molecule has 0 aliphatic carbocycles. The Morgan fingerprint density at radius 3 is 2.55 bits per heavy atom. The van der Waals surface area contributed by atoms with Gasteiger partial charge in [-0.25, -0.2) is 0 Å². The summed E-state index contributed by atoms with van der Waals surface area (Å²) in [6.07, 6.45) is 1.21. The Morgan fingerprint density at radius 1 is 1.45 bits per heavy atom. The molecule has 0 N–H and O–H groups in total. The summed E-state index contributed by atoms with van der Waals surface area (Å²) in [6, 6.07) is 2.84. The summed E-state index contributed by atoms with van der Waals surface area (Å²) in [5.74, 6) is 0. The van der Waals surface area contributed by atoms with Gasteiger partial charge in [0.1, 0.15) is 0 Å². The van der Waals surface area contributed by atoms with Crippen LogP contribution in [0.1, 0.15) is 5.56 Å². The Balaban J connectivity index is 3.71. The molecule has 4 nitrogen and oxygen atoms in total. The van der Waals surface area contributed by atoms with Gasteiger partial charge in [0.2, 0.25) is 10.3 Å². The zero-order chi connectivity index (χ0) is 8.43. The van der Waals surface area contributed by atoms with Crippen molar-refractivity contribution in [2.24, 2.45) is 0 Å². The maximum atomic E-state index is 10.8. The Morgan fingerprint density at radius 2 is 2.09 bits per heavy atom. The van der Waals surface area contributed by atoms with Crippen molar-refractivity contribution in [3.8, 4) is 0 Å². The largest absolute Gasteiger partial charge is 0.805 e. The quantitative estimate of drug-likeness (QED) is 0.537. The zero-order valence-corrected chi connectivity index (χ0v) is 6.63. The Kier molecular flexibility index (Phi) is 2.00. The molecule has 0 atom stereocenters. The van der Waals surface area contributed by atoms with Crippen molar-refractivity contribution in [2.75, 3.05) is 0 Å². The van der Waals surface area contributed by atoms with E-state index >= 15 is 0 Å². The highest BCUT2D eigenvalue weighted by atomic mass is 32.2. The smallest absolute Gasteiger partial charge is 0.238 e. The third-order valence-electron chi connectivity index (χ3n) is 1.20. The van der Waals surface area contributed by atoms with E-state index in [-0.39, 0.29) is 4.64 Å². The topological polar surface area (TPSA) is 62.1 Å². The van der Waals surface area contributed by atoms with Gasteiger partial charge in [0.15, 0.2) is 4.64 Å². The monoisotopic (exact) mass is 172 g/mol. The highest BCUT2D eigenvalue weighted by Gasteiger charge is 1.85. The van der Waals surface area contributed by atoms with E-state index in [4.69, 9.17) is 0 Å². The molecule has 0 fully saturated rings. The minimum Gasteiger partial charge on any atom is -0.805 e. The fourth-order valence-electron chi connectivity index (χ4n) is 0.697. The van der Waals surface area contributed by atoms with Crippen LogP contribution in [-0.4, -0.2) is 13.1 Å². The number of aryl methyl sites for hydroxylation is 1. The van der Waals surface area contributed by atoms with Crippen molar-refractivity contribution < 1.29 is 8.42 Å². The summed E-state index contributed by atoms with van der Waals surface area (Å²) in [6.45, 7) is 1.71. The Hall–Kier alpha value is -1.23. The second-order valence-corrected chi connectivity index (χ2v) is 2.99. The fourth-order valence-corrected chi connectivity index (χ4v) is 1.08. The predicted molar refractivity (Wildman–Crippen MR) is 40.1 cm³/mol. The SMILES string of the molecule is Cc1ccc(=S(=O)=O)n([O-])c1. The van der Waals surface area contributed by atoms with Gasteiger partial charge < -0.3 is 9.94 Å². The normalized spacial score (nSPS) is 9.55. The van der Waals surface area contributed by atoms with Crippen LogP contribution < -0.4 is 0 Å². The molecule has 5 heteroatoms. The maximum Gasteiger partial charge on any atom is 0.238 e. The lowest BCUT2D eigenvalue weighted by Crippen LogP contribution is -1.91. The van der Waals surface area contributed by atoms with E-state index in [1.807, 2.05) is 0 Å². The highest BCUT2D eigenvalue weighted by molar-refractivity contribution is 7.63. The fraction of sp³-hybridized carbons (Fsp3) is 0.167. The van der Waals surface area contributed by atoms with Gasteiger partial charge in [0.25, 0.3) is 0 Å². The van der Waals surface area contributed by atoms with E-state index in [9.17, 15) is 13.6 Å². The molecule has 0 bridgehead atoms. The van der Waals surface area contributed by atoms with Gasteiger partial charge in [-0.05, 0) is 18.6 Å². The number of nitrogens with zero attached hydrogens (tertiary/aromatic N) is 1. The van der Waals surface area contributed by atoms with Gasteiger partial charge in [-0.1, -0.05) is 6.07 Å². The molecule has 0 amide bonds. The minimum absolute atomic E-state index is 0.254. The molecular formula is C6H6NO3S-. The summed E-state index contributed by atoms with van der Waals surface area (Å²) in [5.41, 5.74) is 0.731. The van der Waals surface area contributed by atoms with Gasteiger partial charge in [-0.3, -0.25) is 0 Å². The van der Waals surface area contributed by atoms with E-state index in [1.54, 1.807) is 13.0 Å². The van der Waals surface area contributed by atoms with Gasteiger partial charge >= 0.3 is 0 Å². The van der Waals surface area contributed by atoms with Crippen LogP contribution in [0.5, 0.6) is 0 Å². The maximum absolute atomic E-state index is 10.8. The number of hydrogen-bond donors (Lipinski definition) is 0. The van der Waals surface area contributed by atoms with Crippen LogP contribution in [0.3, 0.4) is 0 Å². The second-order valence-electron chi connectivity index (χ2n) is 2.11. The van der Waals surface area contributed by atoms with Crippen molar-refractivity contribution in [2.45, 2.75) is 6.92 Å². The molecule has 0 unspecified atom stereocenters. The van der Waals surface area contributed by atoms with Crippen LogP contribution >= 0.6 is 0 Å². The molecule has 0 spiro atoms. The number of aromatic nitrogens is 1. The molecule has 0 aromatic carbocycles. The summed E-state index contributed by atoms with van der Waals surface area (Å²) in [7, 11) is -2.45. The van der Waals surface area contributed by atoms with Crippen LogP contribution in [0.4, 0.5) is 0 Å². The van der Waals surface area contributed by atoms with Crippen molar-refractivity contribution in [1.29, 1.82) is 0 Å². The molecule has 0 saturated heterocycles. The molecule has 0 saturated carbocycles. The third-order valence-corrected chi connectivity index (χ3v) is 1.86. The van der Waals surface area contributed by atoms with Crippen molar-refractivity contribution in [1.82, 2.24) is 4.73 Å². The lowest BCUT2D eigenvalue weighted by atomic mass is 10.3. The summed E-state index contributed by atoms with van der Waals surface area (Å²) >= 11 is 0. The highest BCUT2D eigenvalue weighted by Crippen LogP contribution is 1.95. The molecule has 1 heterocycles. The molecule has 0 radical (unpaired) electrons. The molecular weight excluding hydrogens is 166 g/mol. The molecule has 60 valence electrons. The van der Waals surface area contributed by atoms with E-state index < -0.39 is 10.3 Å². The molecule has 0 aliphatic rings. The molecule has 0 aliphatic heterocycles. The van der Waals surface area contributed by atoms with Gasteiger partial charge in [-0.2, -0.15) is 8.42 Å². The number of hydrogen-bond acceptors (Lipinski definition) is 3. The standard InChI is InChI=1S/C6H6NO3S/c1-5-2-3-6(11(9)10)7(8)4-5/h2-4H,1H3/q-1. The number of pyridine rings is 1. The summed E-state index contributed by atoms with van der Waals surface area (Å²) < 4.78 is 20.7. The van der Waals surface area contributed by atoms with Crippen molar-refractivity contribution >= 4 is 10.3 Å². The van der Waals surface area contributed by atoms with Gasteiger partial charge in [0.05, 0.1) is 0 Å². The second kappa shape index (κ2) is 2.79. The van der Waals surface area contributed by atoms with Gasteiger partial charge in [0, 0.05) is 6.20 Å². The van der Waals surface area contributed by atoms with E-state index in [0.29, 0.717) is 4.73 Å². The van der Waals surface area contributed by atoms with E-state index in [1.165, 1.54) is 12.3 Å². The molecule has 1 rings (SSSR count). The van der Waals surface area contributed by atoms with Crippen LogP contribution in [-0.2, 0) is 10.3 Å². The average Bonchev–Trinajstić information content (AvgIpc) is 1.85. The lowest BCUT2D eigenvalue weighted by molar-refractivity contribution is 0.623. The summed E-state index contributed by atoms with van der Waals surface area (Å²) in [5, 5.41) is 10.8. The third kappa shape index (κ3) is 1.62. The predicted octanol–water partition coefficient (Wildman–Crippen LogP) is 0.554. The van der Waals surface area contributed by atoms with Crippen LogP contribution in [0.15, 0.2) is 18.3 Å². The first-order chi connectivity index (χ1) is 5.11. The first kappa shape index (κ1) is 7.87. The number of rotatable bonds is 0. The zero-order valence-electron chi connectivity index (χ0n) is 5.81. The van der Waals surface area contributed by atoms with Crippen LogP contribution in [0.25, 0.3) is 0 Å². The van der Waals surface area contributed by atoms with Crippen LogP contribution in [0.2, 0.25) is 0 Å². The Bertz CT molecular complexity index is 421. The lowest BCUT2D eigenvalue weighted by Gasteiger charge is -2.08. The first-order valence-electron chi connectivity index (χ1n) is 2.90. The average molecular weight is 172 g/mol. The van der Waals surface area contributed by atoms with Crippen molar-refractivity contribution in [3.63, 3.8) is 0 Å². The van der Waals surface area contributed by atoms with Crippen LogP contribution in [0, 0.1) is 16.8 Å². The Labute approximate surface area is 64.8 Å². The van der Waals surface area contributed by atoms with E-state index in [0.717, 1.165) is 5.56 Å². The minimum atomic E-state index is -2.45. The van der Waals surface area contributed by atoms with Gasteiger partial charge in [-0.15, -0.1) is 0 Å².